The summed E-state index contributed by atoms with van der Waals surface area (Å²) in [6, 6.07) is 5.42. The van der Waals surface area contributed by atoms with E-state index in [9.17, 15) is 18.0 Å². The highest BCUT2D eigenvalue weighted by atomic mass is 19.3. The van der Waals surface area contributed by atoms with Crippen LogP contribution in [0.25, 0.3) is 0 Å². The minimum atomic E-state index is -2.64. The van der Waals surface area contributed by atoms with Gasteiger partial charge in [-0.05, 0) is 12.5 Å². The van der Waals surface area contributed by atoms with Crippen molar-refractivity contribution in [2.75, 3.05) is 6.54 Å². The maximum absolute atomic E-state index is 13.9. The fraction of sp³-hybridized carbons (Fsp3) is 0.533. The summed E-state index contributed by atoms with van der Waals surface area (Å²) in [6.45, 7) is 1.30. The molecule has 1 saturated heterocycles. The van der Waals surface area contributed by atoms with Gasteiger partial charge in [-0.25, -0.2) is 13.2 Å². The first-order valence-corrected chi connectivity index (χ1v) is 7.13. The van der Waals surface area contributed by atoms with E-state index in [0.29, 0.717) is 6.42 Å². The first kappa shape index (κ1) is 15.8. The van der Waals surface area contributed by atoms with Crippen molar-refractivity contribution in [2.24, 2.45) is 0 Å². The number of hydrogen-bond acceptors (Lipinski definition) is 2. The Hall–Kier alpha value is -1.56. The van der Waals surface area contributed by atoms with Crippen LogP contribution in [0.15, 0.2) is 24.3 Å². The monoisotopic (exact) mass is 300 g/mol. The summed E-state index contributed by atoms with van der Waals surface area (Å²) in [6.07, 6.45) is -1.18. The van der Waals surface area contributed by atoms with E-state index in [2.05, 4.69) is 5.32 Å². The first-order chi connectivity index (χ1) is 10.0. The highest BCUT2D eigenvalue weighted by molar-refractivity contribution is 5.84. The van der Waals surface area contributed by atoms with Crippen LogP contribution < -0.4 is 5.32 Å². The maximum Gasteiger partial charge on any atom is 0.255 e. The van der Waals surface area contributed by atoms with Crippen LogP contribution in [0.5, 0.6) is 0 Å². The summed E-state index contributed by atoms with van der Waals surface area (Å²) in [7, 11) is 0. The van der Waals surface area contributed by atoms with Crippen molar-refractivity contribution in [1.82, 2.24) is 10.2 Å². The first-order valence-electron chi connectivity index (χ1n) is 7.13. The normalized spacial score (nSPS) is 22.3. The summed E-state index contributed by atoms with van der Waals surface area (Å²) in [4.78, 5) is 13.3. The lowest BCUT2D eigenvalue weighted by atomic mass is 10.1. The molecule has 3 nitrogen and oxygen atoms in total. The number of amides is 1. The average molecular weight is 300 g/mol. The Balaban J connectivity index is 2.24. The minimum Gasteiger partial charge on any atom is -0.316 e. The van der Waals surface area contributed by atoms with Crippen LogP contribution in [0.4, 0.5) is 13.2 Å². The van der Waals surface area contributed by atoms with Crippen LogP contribution in [0, 0.1) is 5.82 Å². The Bertz CT molecular complexity index is 496. The van der Waals surface area contributed by atoms with Crippen LogP contribution in [0.1, 0.15) is 37.9 Å². The quantitative estimate of drug-likeness (QED) is 0.875. The molecule has 1 heterocycles. The van der Waals surface area contributed by atoms with Crippen molar-refractivity contribution in [3.8, 4) is 0 Å². The van der Waals surface area contributed by atoms with Crippen LogP contribution in [-0.2, 0) is 4.79 Å². The fourth-order valence-electron chi connectivity index (χ4n) is 2.59. The molecular formula is C15H19F3N2O. The van der Waals surface area contributed by atoms with E-state index in [-0.39, 0.29) is 11.5 Å². The van der Waals surface area contributed by atoms with Crippen LogP contribution >= 0.6 is 0 Å². The molecule has 21 heavy (non-hydrogen) atoms. The number of rotatable bonds is 6. The summed E-state index contributed by atoms with van der Waals surface area (Å²) in [5.41, 5.74) is 0.227. The number of benzene rings is 1. The van der Waals surface area contributed by atoms with Gasteiger partial charge < -0.3 is 4.90 Å². The topological polar surface area (TPSA) is 32.3 Å². The van der Waals surface area contributed by atoms with E-state index in [0.717, 1.165) is 17.7 Å². The molecule has 2 unspecified atom stereocenters. The molecule has 0 aromatic heterocycles. The van der Waals surface area contributed by atoms with Gasteiger partial charge in [0.05, 0.1) is 12.6 Å². The largest absolute Gasteiger partial charge is 0.316 e. The van der Waals surface area contributed by atoms with Crippen molar-refractivity contribution in [3.63, 3.8) is 0 Å². The minimum absolute atomic E-state index is 0.227. The van der Waals surface area contributed by atoms with E-state index >= 15 is 0 Å². The summed E-state index contributed by atoms with van der Waals surface area (Å²) < 4.78 is 39.3. The third-order valence-electron chi connectivity index (χ3n) is 3.63. The number of nitrogens with one attached hydrogen (secondary N) is 1. The van der Waals surface area contributed by atoms with Gasteiger partial charge in [-0.3, -0.25) is 10.1 Å². The standard InChI is InChI=1S/C15H19F3N2O/c1-2-3-8-12-15(21)20(9-13(17)18)14(19-12)10-6-4-5-7-11(10)16/h4-7,12-14,19H,2-3,8-9H2,1H3. The van der Waals surface area contributed by atoms with E-state index in [1.807, 2.05) is 6.92 Å². The van der Waals surface area contributed by atoms with Gasteiger partial charge in [0.15, 0.2) is 0 Å². The lowest BCUT2D eigenvalue weighted by Crippen LogP contribution is -2.35. The van der Waals surface area contributed by atoms with Crippen LogP contribution in [0.3, 0.4) is 0 Å². The van der Waals surface area contributed by atoms with Crippen molar-refractivity contribution in [2.45, 2.75) is 44.8 Å². The molecule has 2 rings (SSSR count). The van der Waals surface area contributed by atoms with Gasteiger partial charge in [0.1, 0.15) is 12.0 Å². The molecular weight excluding hydrogens is 281 g/mol. The molecule has 1 aliphatic rings. The predicted octanol–water partition coefficient (Wildman–Crippen LogP) is 3.08. The number of halogens is 3. The zero-order chi connectivity index (χ0) is 15.4. The van der Waals surface area contributed by atoms with Gasteiger partial charge >= 0.3 is 0 Å². The van der Waals surface area contributed by atoms with Crippen molar-refractivity contribution < 1.29 is 18.0 Å². The number of hydrogen-bond donors (Lipinski definition) is 1. The Morgan fingerprint density at radius 3 is 2.67 bits per heavy atom. The number of unbranched alkanes of at least 4 members (excludes halogenated alkanes) is 1. The molecule has 1 N–H and O–H groups in total. The maximum atomic E-state index is 13.9. The second kappa shape index (κ2) is 6.93. The average Bonchev–Trinajstić information content (AvgIpc) is 2.74. The van der Waals surface area contributed by atoms with Crippen molar-refractivity contribution >= 4 is 5.91 Å². The number of carbonyl (C=O) groups excluding carboxylic acids is 1. The molecule has 1 amide bonds. The Morgan fingerprint density at radius 2 is 2.05 bits per heavy atom. The van der Waals surface area contributed by atoms with E-state index in [4.69, 9.17) is 0 Å². The summed E-state index contributed by atoms with van der Waals surface area (Å²) >= 11 is 0. The number of nitrogens with zero attached hydrogens (tertiary/aromatic N) is 1. The van der Waals surface area contributed by atoms with Gasteiger partial charge in [0.25, 0.3) is 6.43 Å². The molecule has 1 fully saturated rings. The highest BCUT2D eigenvalue weighted by Crippen LogP contribution is 2.29. The summed E-state index contributed by atoms with van der Waals surface area (Å²) in [5, 5.41) is 2.99. The molecule has 1 aromatic rings. The number of carbonyl (C=O) groups is 1. The Labute approximate surface area is 122 Å². The Kier molecular flexibility index (Phi) is 5.22. The lowest BCUT2D eigenvalue weighted by molar-refractivity contribution is -0.132. The third kappa shape index (κ3) is 3.56. The predicted molar refractivity (Wildman–Crippen MR) is 73.3 cm³/mol. The Morgan fingerprint density at radius 1 is 1.33 bits per heavy atom. The molecule has 0 bridgehead atoms. The molecule has 0 radical (unpaired) electrons. The van der Waals surface area contributed by atoms with Gasteiger partial charge in [-0.15, -0.1) is 0 Å². The summed E-state index contributed by atoms with van der Waals surface area (Å²) in [5.74, 6) is -0.879. The lowest BCUT2D eigenvalue weighted by Gasteiger charge is -2.24. The molecule has 1 aliphatic heterocycles. The second-order valence-electron chi connectivity index (χ2n) is 5.17. The molecule has 1 aromatic carbocycles. The third-order valence-corrected chi connectivity index (χ3v) is 3.63. The molecule has 116 valence electrons. The van der Waals surface area contributed by atoms with Gasteiger partial charge in [-0.1, -0.05) is 38.0 Å². The molecule has 2 atom stereocenters. The van der Waals surface area contributed by atoms with Crippen molar-refractivity contribution in [1.29, 1.82) is 0 Å². The van der Waals surface area contributed by atoms with E-state index in [1.165, 1.54) is 18.2 Å². The van der Waals surface area contributed by atoms with Gasteiger partial charge in [0, 0.05) is 5.56 Å². The molecule has 6 heteroatoms. The van der Waals surface area contributed by atoms with E-state index < -0.39 is 31.0 Å². The molecule has 0 spiro atoms. The molecule has 0 aliphatic carbocycles. The van der Waals surface area contributed by atoms with Crippen molar-refractivity contribution in [3.05, 3.63) is 35.6 Å². The fourth-order valence-corrected chi connectivity index (χ4v) is 2.59. The SMILES string of the molecule is CCCCC1NC(c2ccccc2F)N(CC(F)F)C1=O. The highest BCUT2D eigenvalue weighted by Gasteiger charge is 2.41. The van der Waals surface area contributed by atoms with Gasteiger partial charge in [0.2, 0.25) is 5.91 Å². The second-order valence-corrected chi connectivity index (χ2v) is 5.17. The zero-order valence-electron chi connectivity index (χ0n) is 11.9. The number of alkyl halides is 2. The van der Waals surface area contributed by atoms with E-state index in [1.54, 1.807) is 6.07 Å². The van der Waals surface area contributed by atoms with Crippen LogP contribution in [0.2, 0.25) is 0 Å². The smallest absolute Gasteiger partial charge is 0.255 e. The van der Waals surface area contributed by atoms with Crippen LogP contribution in [-0.4, -0.2) is 29.8 Å². The molecule has 0 saturated carbocycles. The zero-order valence-corrected chi connectivity index (χ0v) is 11.9. The van der Waals surface area contributed by atoms with Gasteiger partial charge in [-0.2, -0.15) is 0 Å².